The highest BCUT2D eigenvalue weighted by Gasteiger charge is 2.46. The SMILES string of the molecule is CCC1CN2CCC1C[C@@H]2[C@@H](Oc1nnc(O[C@@H](c2ccnc3ccc(OC)cc23)[C@H]2C[C@H]3CCN2C[C@@H]3CC)c2ccccc12)c1ccnc2ccc(OC)cc12. The fourth-order valence-electron chi connectivity index (χ4n) is 11.1. The summed E-state index contributed by atoms with van der Waals surface area (Å²) >= 11 is 0. The third-order valence-electron chi connectivity index (χ3n) is 14.3. The molecule has 0 N–H and O–H groups in total. The minimum absolute atomic E-state index is 0.180. The molecule has 0 saturated carbocycles. The topological polar surface area (TPSA) is 95.0 Å². The number of nitrogens with zero attached hydrogens (tertiary/aromatic N) is 6. The fourth-order valence-corrected chi connectivity index (χ4v) is 11.1. The molecule has 300 valence electrons. The average Bonchev–Trinajstić information content (AvgIpc) is 3.29. The fraction of sp³-hybridized carbons (Fsp3) is 0.458. The van der Waals surface area contributed by atoms with Gasteiger partial charge in [0.2, 0.25) is 11.8 Å². The van der Waals surface area contributed by atoms with Crippen LogP contribution in [-0.2, 0) is 0 Å². The summed E-state index contributed by atoms with van der Waals surface area (Å²) in [5.41, 5.74) is 4.01. The van der Waals surface area contributed by atoms with Crippen molar-refractivity contribution < 1.29 is 18.9 Å². The molecule has 10 nitrogen and oxygen atoms in total. The highest BCUT2D eigenvalue weighted by Crippen LogP contribution is 2.47. The standard InChI is InChI=1S/C48H54N6O4/c1-5-29-27-53-21-17-31(29)23-43(53)45(35-15-19-49-41-13-11-33(55-3)25-39(35)41)57-47-37-9-7-8-10-38(37)48(52-51-47)58-46(44-24-32-18-22-54(44)28-30(32)6-2)36-16-20-50-42-14-12-34(56-4)26-40(36)42/h7-16,19-20,25-26,29-32,43-46H,5-6,17-18,21-24,27-28H2,1-4H3/t29-,30?,31+,32?,43+,44+,45-,46-/m0/s1. The Balaban J connectivity index is 1.06. The van der Waals surface area contributed by atoms with E-state index in [1.165, 1.54) is 25.7 Å². The van der Waals surface area contributed by atoms with Crippen molar-refractivity contribution >= 4 is 32.6 Å². The zero-order chi connectivity index (χ0) is 39.3. The third-order valence-corrected chi connectivity index (χ3v) is 14.3. The number of ether oxygens (including phenoxy) is 4. The molecule has 58 heavy (non-hydrogen) atoms. The van der Waals surface area contributed by atoms with Crippen LogP contribution in [0, 0.1) is 23.7 Å². The molecule has 4 unspecified atom stereocenters. The van der Waals surface area contributed by atoms with Gasteiger partial charge in [0.05, 0.1) is 48.1 Å². The van der Waals surface area contributed by atoms with E-state index in [9.17, 15) is 0 Å². The van der Waals surface area contributed by atoms with Crippen LogP contribution in [-0.4, -0.2) is 82.4 Å². The van der Waals surface area contributed by atoms with Gasteiger partial charge in [0.15, 0.2) is 0 Å². The van der Waals surface area contributed by atoms with Crippen molar-refractivity contribution in [3.63, 3.8) is 0 Å². The summed E-state index contributed by atoms with van der Waals surface area (Å²) in [5.74, 6) is 5.39. The van der Waals surface area contributed by atoms with Gasteiger partial charge in [-0.2, -0.15) is 0 Å². The zero-order valence-electron chi connectivity index (χ0n) is 34.1. The second-order valence-corrected chi connectivity index (χ2v) is 17.0. The number of hydrogen-bond donors (Lipinski definition) is 0. The first-order valence-electron chi connectivity index (χ1n) is 21.5. The molecule has 3 aromatic heterocycles. The zero-order valence-corrected chi connectivity index (χ0v) is 34.1. The van der Waals surface area contributed by atoms with Crippen molar-refractivity contribution in [2.24, 2.45) is 23.7 Å². The summed E-state index contributed by atoms with van der Waals surface area (Å²) < 4.78 is 26.0. The van der Waals surface area contributed by atoms with E-state index in [2.05, 4.69) is 72.2 Å². The van der Waals surface area contributed by atoms with Gasteiger partial charge in [-0.05, 0) is 123 Å². The second-order valence-electron chi connectivity index (χ2n) is 17.0. The van der Waals surface area contributed by atoms with E-state index in [1.807, 2.05) is 36.7 Å². The van der Waals surface area contributed by atoms with Crippen molar-refractivity contribution in [2.75, 3.05) is 40.4 Å². The smallest absolute Gasteiger partial charge is 0.242 e. The minimum Gasteiger partial charge on any atom is -0.497 e. The maximum absolute atomic E-state index is 7.30. The molecular weight excluding hydrogens is 725 g/mol. The van der Waals surface area contributed by atoms with E-state index in [0.29, 0.717) is 35.4 Å². The van der Waals surface area contributed by atoms with Crippen molar-refractivity contribution in [3.05, 3.63) is 96.3 Å². The largest absolute Gasteiger partial charge is 0.497 e. The number of pyridine rings is 2. The molecular formula is C48H54N6O4. The van der Waals surface area contributed by atoms with Crippen LogP contribution in [0.1, 0.15) is 75.7 Å². The normalized spacial score (nSPS) is 27.4. The lowest BCUT2D eigenvalue weighted by molar-refractivity contribution is -0.0505. The molecule has 4 bridgehead atoms. The molecule has 12 rings (SSSR count). The summed E-state index contributed by atoms with van der Waals surface area (Å²) in [6.45, 7) is 9.00. The van der Waals surface area contributed by atoms with Crippen LogP contribution in [0.5, 0.6) is 23.3 Å². The van der Waals surface area contributed by atoms with E-state index < -0.39 is 0 Å². The van der Waals surface area contributed by atoms with Gasteiger partial charge in [-0.1, -0.05) is 38.8 Å². The first-order valence-corrected chi connectivity index (χ1v) is 21.5. The van der Waals surface area contributed by atoms with Gasteiger partial charge in [0.1, 0.15) is 23.7 Å². The van der Waals surface area contributed by atoms with Gasteiger partial charge in [0, 0.05) is 47.4 Å². The predicted octanol–water partition coefficient (Wildman–Crippen LogP) is 9.22. The van der Waals surface area contributed by atoms with Crippen LogP contribution in [0.3, 0.4) is 0 Å². The summed E-state index contributed by atoms with van der Waals surface area (Å²) in [6, 6.07) is 25.1. The van der Waals surface area contributed by atoms with Gasteiger partial charge < -0.3 is 18.9 Å². The summed E-state index contributed by atoms with van der Waals surface area (Å²) in [4.78, 5) is 14.8. The number of benzene rings is 3. The maximum atomic E-state index is 7.30. The number of fused-ring (bicyclic) bond motifs is 9. The van der Waals surface area contributed by atoms with E-state index in [-0.39, 0.29) is 24.3 Å². The van der Waals surface area contributed by atoms with Gasteiger partial charge in [-0.3, -0.25) is 19.8 Å². The molecule has 6 saturated heterocycles. The Kier molecular flexibility index (Phi) is 10.0. The Hall–Kier alpha value is -5.06. The van der Waals surface area contributed by atoms with Gasteiger partial charge in [-0.25, -0.2) is 0 Å². The summed E-state index contributed by atoms with van der Waals surface area (Å²) in [5, 5.41) is 13.7. The lowest BCUT2D eigenvalue weighted by atomic mass is 9.72. The lowest BCUT2D eigenvalue weighted by Crippen LogP contribution is -2.56. The lowest BCUT2D eigenvalue weighted by Gasteiger charge is -2.52. The maximum Gasteiger partial charge on any atom is 0.242 e. The minimum atomic E-state index is -0.300. The average molecular weight is 779 g/mol. The summed E-state index contributed by atoms with van der Waals surface area (Å²) in [6.07, 6.45) is 10.2. The van der Waals surface area contributed by atoms with Crippen LogP contribution < -0.4 is 18.9 Å². The molecule has 6 fully saturated rings. The van der Waals surface area contributed by atoms with Crippen LogP contribution in [0.4, 0.5) is 0 Å². The first kappa shape index (κ1) is 37.2. The highest BCUT2D eigenvalue weighted by atomic mass is 16.5. The van der Waals surface area contributed by atoms with Crippen molar-refractivity contribution in [2.45, 2.75) is 76.7 Å². The Bertz CT molecular complexity index is 2280. The molecule has 0 amide bonds. The van der Waals surface area contributed by atoms with Crippen LogP contribution in [0.2, 0.25) is 0 Å². The predicted molar refractivity (Wildman–Crippen MR) is 227 cm³/mol. The van der Waals surface area contributed by atoms with E-state index in [0.717, 1.165) is 94.2 Å². The molecule has 6 aliphatic rings. The first-order chi connectivity index (χ1) is 28.5. The molecule has 0 aliphatic carbocycles. The van der Waals surface area contributed by atoms with Crippen LogP contribution >= 0.6 is 0 Å². The molecule has 0 radical (unpaired) electrons. The molecule has 6 aliphatic heterocycles. The number of rotatable bonds is 12. The summed E-state index contributed by atoms with van der Waals surface area (Å²) in [7, 11) is 3.42. The van der Waals surface area contributed by atoms with E-state index in [1.54, 1.807) is 14.2 Å². The van der Waals surface area contributed by atoms with E-state index >= 15 is 0 Å². The van der Waals surface area contributed by atoms with Crippen molar-refractivity contribution in [3.8, 4) is 23.3 Å². The molecule has 3 aromatic carbocycles. The van der Waals surface area contributed by atoms with Gasteiger partial charge >= 0.3 is 0 Å². The highest BCUT2D eigenvalue weighted by molar-refractivity contribution is 5.91. The number of hydrogen-bond acceptors (Lipinski definition) is 10. The monoisotopic (exact) mass is 778 g/mol. The second kappa shape index (κ2) is 15.6. The number of methoxy groups -OCH3 is 2. The van der Waals surface area contributed by atoms with Crippen LogP contribution in [0.15, 0.2) is 85.2 Å². The number of aromatic nitrogens is 4. The van der Waals surface area contributed by atoms with Crippen molar-refractivity contribution in [1.29, 1.82) is 0 Å². The Morgan fingerprint density at radius 1 is 0.603 bits per heavy atom. The van der Waals surface area contributed by atoms with Gasteiger partial charge in [0.25, 0.3) is 0 Å². The molecule has 10 heteroatoms. The van der Waals surface area contributed by atoms with E-state index in [4.69, 9.17) is 39.1 Å². The Morgan fingerprint density at radius 2 is 1.07 bits per heavy atom. The third kappa shape index (κ3) is 6.58. The number of piperidine rings is 6. The molecule has 6 aromatic rings. The Labute approximate surface area is 340 Å². The Morgan fingerprint density at radius 3 is 1.47 bits per heavy atom. The quantitative estimate of drug-likeness (QED) is 0.120. The molecule has 9 heterocycles. The van der Waals surface area contributed by atoms with Crippen LogP contribution in [0.25, 0.3) is 32.6 Å². The van der Waals surface area contributed by atoms with Crippen molar-refractivity contribution in [1.82, 2.24) is 30.0 Å². The molecule has 0 spiro atoms. The molecule has 10 atom stereocenters. The van der Waals surface area contributed by atoms with Gasteiger partial charge in [-0.15, -0.1) is 10.2 Å².